The number of carboxylic acid groups (broad SMARTS) is 1. The first-order chi connectivity index (χ1) is 6.15. The first-order valence-electron chi connectivity index (χ1n) is 3.54. The van der Waals surface area contributed by atoms with Crippen molar-refractivity contribution in [3.05, 3.63) is 17.8 Å². The summed E-state index contributed by atoms with van der Waals surface area (Å²) in [6.45, 7) is 1.42. The predicted octanol–water partition coefficient (Wildman–Crippen LogP) is -0.113. The van der Waals surface area contributed by atoms with Crippen molar-refractivity contribution in [1.82, 2.24) is 4.98 Å². The maximum atomic E-state index is 8.57. The van der Waals surface area contributed by atoms with E-state index in [2.05, 4.69) is 4.98 Å². The molecular weight excluding hydrogens is 176 g/mol. The molecule has 1 unspecified atom stereocenters. The molecule has 74 valence electrons. The number of carbonyl (C=O) groups is 1. The molecule has 0 aliphatic rings. The molecule has 0 saturated carbocycles. The molecule has 0 aliphatic carbocycles. The highest BCUT2D eigenvalue weighted by Gasteiger charge is 2.05. The number of nitrogens with zero attached hydrogens (tertiary/aromatic N) is 1. The molecule has 13 heavy (non-hydrogen) atoms. The van der Waals surface area contributed by atoms with E-state index in [0.717, 1.165) is 0 Å². The van der Waals surface area contributed by atoms with E-state index in [1.165, 1.54) is 6.26 Å². The zero-order valence-electron chi connectivity index (χ0n) is 7.17. The fourth-order valence-electron chi connectivity index (χ4n) is 0.604. The Morgan fingerprint density at radius 2 is 2.38 bits per heavy atom. The van der Waals surface area contributed by atoms with E-state index in [1.807, 2.05) is 0 Å². The average molecular weight is 188 g/mol. The molecule has 0 saturated heterocycles. The highest BCUT2D eigenvalue weighted by Crippen LogP contribution is 2.08. The number of aromatic nitrogens is 1. The third kappa shape index (κ3) is 4.24. The third-order valence-corrected chi connectivity index (χ3v) is 1.12. The van der Waals surface area contributed by atoms with Crippen LogP contribution < -0.4 is 5.73 Å². The van der Waals surface area contributed by atoms with Crippen molar-refractivity contribution in [3.8, 4) is 0 Å². The van der Waals surface area contributed by atoms with Gasteiger partial charge in [0.15, 0.2) is 0 Å². The van der Waals surface area contributed by atoms with Gasteiger partial charge in [-0.25, -0.2) is 4.98 Å². The van der Waals surface area contributed by atoms with Gasteiger partial charge >= 0.3 is 0 Å². The lowest BCUT2D eigenvalue weighted by atomic mass is 10.4. The Bertz CT molecular complexity index is 246. The van der Waals surface area contributed by atoms with Crippen molar-refractivity contribution in [2.45, 2.75) is 19.6 Å². The van der Waals surface area contributed by atoms with Crippen LogP contribution in [0.1, 0.15) is 24.6 Å². The SMILES string of the molecule is CC(N)c1nc(CO)co1.O=CO. The van der Waals surface area contributed by atoms with Crippen LogP contribution >= 0.6 is 0 Å². The fraction of sp³-hybridized carbons (Fsp3) is 0.429. The summed E-state index contributed by atoms with van der Waals surface area (Å²) in [4.78, 5) is 12.2. The number of hydrogen-bond donors (Lipinski definition) is 3. The second-order valence-corrected chi connectivity index (χ2v) is 2.23. The van der Waals surface area contributed by atoms with Crippen molar-refractivity contribution < 1.29 is 19.4 Å². The van der Waals surface area contributed by atoms with Crippen LogP contribution in [0.5, 0.6) is 0 Å². The van der Waals surface area contributed by atoms with E-state index >= 15 is 0 Å². The van der Waals surface area contributed by atoms with Crippen LogP contribution in [-0.4, -0.2) is 21.7 Å². The average Bonchev–Trinajstić information content (AvgIpc) is 2.53. The summed E-state index contributed by atoms with van der Waals surface area (Å²) in [5, 5.41) is 15.5. The van der Waals surface area contributed by atoms with Gasteiger partial charge in [0.25, 0.3) is 6.47 Å². The van der Waals surface area contributed by atoms with Crippen LogP contribution in [0.15, 0.2) is 10.7 Å². The molecule has 1 heterocycles. The highest BCUT2D eigenvalue weighted by atomic mass is 16.3. The molecule has 0 bridgehead atoms. The number of oxazole rings is 1. The molecule has 0 fully saturated rings. The lowest BCUT2D eigenvalue weighted by Gasteiger charge is -1.94. The molecule has 6 heteroatoms. The number of rotatable bonds is 2. The molecule has 1 aromatic rings. The Morgan fingerprint density at radius 3 is 2.62 bits per heavy atom. The van der Waals surface area contributed by atoms with Gasteiger partial charge in [0.1, 0.15) is 12.0 Å². The molecule has 0 amide bonds. The third-order valence-electron chi connectivity index (χ3n) is 1.12. The Morgan fingerprint density at radius 1 is 1.85 bits per heavy atom. The molecule has 0 aromatic carbocycles. The molecule has 0 aliphatic heterocycles. The Labute approximate surface area is 75.0 Å². The van der Waals surface area contributed by atoms with Gasteiger partial charge in [-0.2, -0.15) is 0 Å². The molecular formula is C7H12N2O4. The molecule has 4 N–H and O–H groups in total. The summed E-state index contributed by atoms with van der Waals surface area (Å²) in [5.74, 6) is 0.462. The summed E-state index contributed by atoms with van der Waals surface area (Å²) < 4.78 is 4.92. The van der Waals surface area contributed by atoms with Crippen molar-refractivity contribution in [2.24, 2.45) is 5.73 Å². The van der Waals surface area contributed by atoms with Crippen molar-refractivity contribution >= 4 is 6.47 Å². The summed E-state index contributed by atoms with van der Waals surface area (Å²) in [6, 6.07) is -0.208. The summed E-state index contributed by atoms with van der Waals surface area (Å²) in [7, 11) is 0. The van der Waals surface area contributed by atoms with E-state index in [9.17, 15) is 0 Å². The fourth-order valence-corrected chi connectivity index (χ4v) is 0.604. The van der Waals surface area contributed by atoms with Gasteiger partial charge in [-0.1, -0.05) is 0 Å². The zero-order valence-corrected chi connectivity index (χ0v) is 7.17. The molecule has 1 atom stereocenters. The predicted molar refractivity (Wildman–Crippen MR) is 43.7 cm³/mol. The lowest BCUT2D eigenvalue weighted by Crippen LogP contribution is -2.05. The van der Waals surface area contributed by atoms with Crippen LogP contribution in [0.25, 0.3) is 0 Å². The smallest absolute Gasteiger partial charge is 0.290 e. The molecule has 1 aromatic heterocycles. The van der Waals surface area contributed by atoms with Crippen molar-refractivity contribution in [2.75, 3.05) is 0 Å². The van der Waals surface area contributed by atoms with Gasteiger partial charge in [-0.3, -0.25) is 4.79 Å². The van der Waals surface area contributed by atoms with E-state index in [0.29, 0.717) is 11.6 Å². The van der Waals surface area contributed by atoms with Gasteiger partial charge in [-0.05, 0) is 6.92 Å². The maximum Gasteiger partial charge on any atom is 0.290 e. The minimum absolute atomic E-state index is 0.101. The van der Waals surface area contributed by atoms with E-state index < -0.39 is 0 Å². The minimum Gasteiger partial charge on any atom is -0.483 e. The van der Waals surface area contributed by atoms with Gasteiger partial charge in [0, 0.05) is 0 Å². The lowest BCUT2D eigenvalue weighted by molar-refractivity contribution is -0.122. The quantitative estimate of drug-likeness (QED) is 0.558. The summed E-state index contributed by atoms with van der Waals surface area (Å²) in [6.07, 6.45) is 1.40. The number of aliphatic hydroxyl groups is 1. The zero-order chi connectivity index (χ0) is 10.3. The number of hydrogen-bond acceptors (Lipinski definition) is 5. The Hall–Kier alpha value is -1.40. The van der Waals surface area contributed by atoms with Gasteiger partial charge in [0.2, 0.25) is 5.89 Å². The van der Waals surface area contributed by atoms with Crippen LogP contribution in [-0.2, 0) is 11.4 Å². The first kappa shape index (κ1) is 11.6. The number of aliphatic hydroxyl groups excluding tert-OH is 1. The van der Waals surface area contributed by atoms with E-state index in [1.54, 1.807) is 6.92 Å². The standard InChI is InChI=1S/C6H10N2O2.CH2O2/c1-4(7)6-8-5(2-9)3-10-6;2-1-3/h3-4,9H,2,7H2,1H3;1H,(H,2,3). The van der Waals surface area contributed by atoms with Crippen molar-refractivity contribution in [1.29, 1.82) is 0 Å². The van der Waals surface area contributed by atoms with Crippen LogP contribution in [0.3, 0.4) is 0 Å². The summed E-state index contributed by atoms with van der Waals surface area (Å²) >= 11 is 0. The monoisotopic (exact) mass is 188 g/mol. The van der Waals surface area contributed by atoms with Crippen molar-refractivity contribution in [3.63, 3.8) is 0 Å². The second kappa shape index (κ2) is 6.15. The highest BCUT2D eigenvalue weighted by molar-refractivity contribution is 5.32. The first-order valence-corrected chi connectivity index (χ1v) is 3.54. The minimum atomic E-state index is -0.250. The Balaban J connectivity index is 0.000000424. The van der Waals surface area contributed by atoms with Gasteiger partial charge < -0.3 is 20.4 Å². The van der Waals surface area contributed by atoms with Crippen LogP contribution in [0, 0.1) is 0 Å². The second-order valence-electron chi connectivity index (χ2n) is 2.23. The van der Waals surface area contributed by atoms with E-state index in [-0.39, 0.29) is 19.1 Å². The van der Waals surface area contributed by atoms with Gasteiger partial charge in [0.05, 0.1) is 12.6 Å². The van der Waals surface area contributed by atoms with E-state index in [4.69, 9.17) is 25.2 Å². The normalized spacial score (nSPS) is 11.3. The summed E-state index contributed by atoms with van der Waals surface area (Å²) in [5.41, 5.74) is 5.96. The molecule has 0 radical (unpaired) electrons. The number of nitrogens with two attached hydrogens (primary N) is 1. The molecule has 1 rings (SSSR count). The molecule has 6 nitrogen and oxygen atoms in total. The Kier molecular flexibility index (Phi) is 5.49. The topological polar surface area (TPSA) is 110 Å². The van der Waals surface area contributed by atoms with Crippen LogP contribution in [0.4, 0.5) is 0 Å². The largest absolute Gasteiger partial charge is 0.483 e. The molecule has 0 spiro atoms. The van der Waals surface area contributed by atoms with Gasteiger partial charge in [-0.15, -0.1) is 0 Å². The van der Waals surface area contributed by atoms with Crippen LogP contribution in [0.2, 0.25) is 0 Å². The maximum absolute atomic E-state index is 8.57.